The van der Waals surface area contributed by atoms with E-state index < -0.39 is 0 Å². The quantitative estimate of drug-likeness (QED) is 0.771. The van der Waals surface area contributed by atoms with E-state index in [4.69, 9.17) is 4.74 Å². The number of hydrogen-bond acceptors (Lipinski definition) is 4. The van der Waals surface area contributed by atoms with E-state index in [1.165, 1.54) is 5.56 Å². The zero-order valence-corrected chi connectivity index (χ0v) is 13.8. The number of ether oxygens (including phenoxy) is 1. The molecule has 2 rings (SSSR count). The molecule has 0 aliphatic heterocycles. The van der Waals surface area contributed by atoms with Crippen molar-refractivity contribution in [2.75, 3.05) is 25.6 Å². The van der Waals surface area contributed by atoms with Crippen molar-refractivity contribution in [1.29, 1.82) is 0 Å². The summed E-state index contributed by atoms with van der Waals surface area (Å²) in [5.74, 6) is -0.176. The van der Waals surface area contributed by atoms with Crippen LogP contribution in [-0.2, 0) is 4.74 Å². The first-order valence-electron chi connectivity index (χ1n) is 7.67. The van der Waals surface area contributed by atoms with Gasteiger partial charge in [-0.05, 0) is 44.0 Å². The second kappa shape index (κ2) is 8.29. The van der Waals surface area contributed by atoms with Gasteiger partial charge in [-0.15, -0.1) is 0 Å². The summed E-state index contributed by atoms with van der Waals surface area (Å²) in [7, 11) is 1.64. The maximum Gasteiger partial charge on any atom is 0.269 e. The van der Waals surface area contributed by atoms with Crippen molar-refractivity contribution in [3.63, 3.8) is 0 Å². The average molecular weight is 313 g/mol. The van der Waals surface area contributed by atoms with E-state index >= 15 is 0 Å². The molecule has 0 fully saturated rings. The summed E-state index contributed by atoms with van der Waals surface area (Å²) < 4.78 is 4.96. The molecule has 0 radical (unpaired) electrons. The van der Waals surface area contributed by atoms with Gasteiger partial charge >= 0.3 is 0 Å². The number of aryl methyl sites for hydroxylation is 2. The van der Waals surface area contributed by atoms with E-state index in [1.54, 1.807) is 19.4 Å². The molecule has 0 aliphatic carbocycles. The maximum atomic E-state index is 12.1. The van der Waals surface area contributed by atoms with E-state index in [-0.39, 0.29) is 5.91 Å². The van der Waals surface area contributed by atoms with Crippen LogP contribution in [0.2, 0.25) is 0 Å². The van der Waals surface area contributed by atoms with Crippen LogP contribution in [0.25, 0.3) is 0 Å². The van der Waals surface area contributed by atoms with Crippen LogP contribution in [-0.4, -0.2) is 31.2 Å². The predicted octanol–water partition coefficient (Wildman–Crippen LogP) is 3.21. The summed E-state index contributed by atoms with van der Waals surface area (Å²) in [6, 6.07) is 9.81. The molecule has 5 nitrogen and oxygen atoms in total. The third-order valence-electron chi connectivity index (χ3n) is 3.46. The number of amides is 1. The Hall–Kier alpha value is -2.40. The molecule has 1 amide bonds. The van der Waals surface area contributed by atoms with E-state index in [0.29, 0.717) is 18.8 Å². The maximum absolute atomic E-state index is 12.1. The molecule has 23 heavy (non-hydrogen) atoms. The number of nitrogens with zero attached hydrogens (tertiary/aromatic N) is 1. The van der Waals surface area contributed by atoms with Gasteiger partial charge in [0.1, 0.15) is 5.69 Å². The Morgan fingerprint density at radius 1 is 1.22 bits per heavy atom. The standard InChI is InChI=1S/C18H23N3O2/c1-13-5-6-16(14(2)11-13)21-15-7-9-19-17(12-15)18(22)20-8-4-10-23-3/h5-7,9,11-12H,4,8,10H2,1-3H3,(H,19,21)(H,20,22). The lowest BCUT2D eigenvalue weighted by atomic mass is 10.1. The molecule has 0 bridgehead atoms. The Labute approximate surface area is 137 Å². The molecule has 0 aliphatic rings. The van der Waals surface area contributed by atoms with Crippen molar-refractivity contribution < 1.29 is 9.53 Å². The van der Waals surface area contributed by atoms with Crippen molar-refractivity contribution in [3.05, 3.63) is 53.3 Å². The van der Waals surface area contributed by atoms with Gasteiger partial charge in [0.05, 0.1) is 0 Å². The average Bonchev–Trinajstić information content (AvgIpc) is 2.54. The molecular formula is C18H23N3O2. The van der Waals surface area contributed by atoms with E-state index in [9.17, 15) is 4.79 Å². The van der Waals surface area contributed by atoms with Gasteiger partial charge in [0, 0.05) is 37.8 Å². The molecule has 5 heteroatoms. The van der Waals surface area contributed by atoms with Crippen LogP contribution in [0.1, 0.15) is 28.0 Å². The van der Waals surface area contributed by atoms with E-state index in [0.717, 1.165) is 23.4 Å². The van der Waals surface area contributed by atoms with Crippen molar-refractivity contribution in [2.45, 2.75) is 20.3 Å². The zero-order chi connectivity index (χ0) is 16.7. The minimum Gasteiger partial charge on any atom is -0.385 e. The topological polar surface area (TPSA) is 63.2 Å². The molecule has 1 aromatic heterocycles. The second-order valence-electron chi connectivity index (χ2n) is 5.48. The molecule has 2 N–H and O–H groups in total. The summed E-state index contributed by atoms with van der Waals surface area (Å²) in [6.45, 7) is 5.32. The fourth-order valence-electron chi connectivity index (χ4n) is 2.25. The zero-order valence-electron chi connectivity index (χ0n) is 13.8. The van der Waals surface area contributed by atoms with Crippen LogP contribution in [0.4, 0.5) is 11.4 Å². The van der Waals surface area contributed by atoms with Crippen LogP contribution in [0.15, 0.2) is 36.5 Å². The van der Waals surface area contributed by atoms with Gasteiger partial charge < -0.3 is 15.4 Å². The van der Waals surface area contributed by atoms with Gasteiger partial charge in [-0.1, -0.05) is 17.7 Å². The minimum atomic E-state index is -0.176. The molecule has 0 spiro atoms. The fourth-order valence-corrected chi connectivity index (χ4v) is 2.25. The first-order chi connectivity index (χ1) is 11.1. The van der Waals surface area contributed by atoms with Crippen molar-refractivity contribution >= 4 is 17.3 Å². The van der Waals surface area contributed by atoms with Crippen LogP contribution in [0.5, 0.6) is 0 Å². The number of methoxy groups -OCH3 is 1. The van der Waals surface area contributed by atoms with Crippen LogP contribution in [0.3, 0.4) is 0 Å². The Kier molecular flexibility index (Phi) is 6.11. The number of nitrogens with one attached hydrogen (secondary N) is 2. The summed E-state index contributed by atoms with van der Waals surface area (Å²) in [5, 5.41) is 6.17. The number of benzene rings is 1. The predicted molar refractivity (Wildman–Crippen MR) is 92.3 cm³/mol. The van der Waals surface area contributed by atoms with Crippen LogP contribution >= 0.6 is 0 Å². The number of hydrogen-bond donors (Lipinski definition) is 2. The molecule has 0 saturated heterocycles. The first-order valence-corrected chi connectivity index (χ1v) is 7.67. The Morgan fingerprint density at radius 3 is 2.78 bits per heavy atom. The molecule has 0 atom stereocenters. The highest BCUT2D eigenvalue weighted by atomic mass is 16.5. The number of anilines is 2. The second-order valence-corrected chi connectivity index (χ2v) is 5.48. The third kappa shape index (κ3) is 5.07. The molecule has 1 aromatic carbocycles. The van der Waals surface area contributed by atoms with Gasteiger partial charge in [0.15, 0.2) is 0 Å². The lowest BCUT2D eigenvalue weighted by molar-refractivity contribution is 0.0943. The van der Waals surface area contributed by atoms with E-state index in [2.05, 4.69) is 41.6 Å². The number of carbonyl (C=O) groups excluding carboxylic acids is 1. The molecule has 1 heterocycles. The van der Waals surface area contributed by atoms with Gasteiger partial charge in [-0.2, -0.15) is 0 Å². The van der Waals surface area contributed by atoms with Gasteiger partial charge in [0.2, 0.25) is 0 Å². The van der Waals surface area contributed by atoms with Crippen molar-refractivity contribution in [1.82, 2.24) is 10.3 Å². The minimum absolute atomic E-state index is 0.176. The third-order valence-corrected chi connectivity index (χ3v) is 3.46. The first kappa shape index (κ1) is 17.0. The number of rotatable bonds is 7. The summed E-state index contributed by atoms with van der Waals surface area (Å²) in [4.78, 5) is 16.2. The van der Waals surface area contributed by atoms with E-state index in [1.807, 2.05) is 12.1 Å². The number of pyridine rings is 1. The smallest absolute Gasteiger partial charge is 0.269 e. The Morgan fingerprint density at radius 2 is 2.04 bits per heavy atom. The Bertz CT molecular complexity index is 671. The molecular weight excluding hydrogens is 290 g/mol. The molecule has 0 unspecified atom stereocenters. The van der Waals surface area contributed by atoms with Gasteiger partial charge in [-0.3, -0.25) is 9.78 Å². The normalized spacial score (nSPS) is 10.4. The monoisotopic (exact) mass is 313 g/mol. The SMILES string of the molecule is COCCCNC(=O)c1cc(Nc2ccc(C)cc2C)ccn1. The summed E-state index contributed by atoms with van der Waals surface area (Å²) >= 11 is 0. The highest BCUT2D eigenvalue weighted by molar-refractivity contribution is 5.93. The van der Waals surface area contributed by atoms with Gasteiger partial charge in [0.25, 0.3) is 5.91 Å². The fraction of sp³-hybridized carbons (Fsp3) is 0.333. The van der Waals surface area contributed by atoms with Crippen LogP contribution < -0.4 is 10.6 Å². The highest BCUT2D eigenvalue weighted by Gasteiger charge is 2.08. The lowest BCUT2D eigenvalue weighted by Crippen LogP contribution is -2.26. The van der Waals surface area contributed by atoms with Crippen LogP contribution in [0, 0.1) is 13.8 Å². The largest absolute Gasteiger partial charge is 0.385 e. The van der Waals surface area contributed by atoms with Gasteiger partial charge in [-0.25, -0.2) is 0 Å². The molecule has 122 valence electrons. The summed E-state index contributed by atoms with van der Waals surface area (Å²) in [6.07, 6.45) is 2.42. The molecule has 0 saturated carbocycles. The lowest BCUT2D eigenvalue weighted by Gasteiger charge is -2.11. The summed E-state index contributed by atoms with van der Waals surface area (Å²) in [5.41, 5.74) is 4.64. The highest BCUT2D eigenvalue weighted by Crippen LogP contribution is 2.21. The van der Waals surface area contributed by atoms with Crippen molar-refractivity contribution in [2.24, 2.45) is 0 Å². The number of aromatic nitrogens is 1. The number of carbonyl (C=O) groups is 1. The van der Waals surface area contributed by atoms with Crippen molar-refractivity contribution in [3.8, 4) is 0 Å². The Balaban J connectivity index is 2.03. The molecule has 2 aromatic rings.